The third-order valence-electron chi connectivity index (χ3n) is 4.55. The smallest absolute Gasteiger partial charge is 0.265 e. The van der Waals surface area contributed by atoms with Crippen LogP contribution >= 0.6 is 15.9 Å². The van der Waals surface area contributed by atoms with E-state index in [2.05, 4.69) is 15.9 Å². The SMILES string of the molecule is Cc1cccc(N2C(=O)/C(=C\c3ccccc3Br)c3ccccc3C2=O)c1. The van der Waals surface area contributed by atoms with Crippen molar-refractivity contribution in [3.8, 4) is 0 Å². The maximum absolute atomic E-state index is 13.3. The number of imide groups is 1. The molecule has 0 atom stereocenters. The fourth-order valence-corrected chi connectivity index (χ4v) is 3.64. The molecule has 1 heterocycles. The molecule has 0 saturated heterocycles. The summed E-state index contributed by atoms with van der Waals surface area (Å²) in [6.45, 7) is 1.94. The number of rotatable bonds is 2. The Labute approximate surface area is 166 Å². The molecule has 1 aliphatic rings. The lowest BCUT2D eigenvalue weighted by molar-refractivity contribution is -0.112. The highest BCUT2D eigenvalue weighted by atomic mass is 79.9. The van der Waals surface area contributed by atoms with E-state index >= 15 is 0 Å². The van der Waals surface area contributed by atoms with Crippen LogP contribution in [0.2, 0.25) is 0 Å². The van der Waals surface area contributed by atoms with Gasteiger partial charge in [-0.1, -0.05) is 64.5 Å². The summed E-state index contributed by atoms with van der Waals surface area (Å²) in [6.07, 6.45) is 1.83. The molecule has 0 aromatic heterocycles. The van der Waals surface area contributed by atoms with Crippen molar-refractivity contribution in [2.45, 2.75) is 6.92 Å². The Morgan fingerprint density at radius 1 is 0.815 bits per heavy atom. The molecule has 3 aromatic rings. The van der Waals surface area contributed by atoms with E-state index in [9.17, 15) is 9.59 Å². The first-order chi connectivity index (χ1) is 13.1. The van der Waals surface area contributed by atoms with Crippen molar-refractivity contribution >= 4 is 45.1 Å². The highest BCUT2D eigenvalue weighted by Crippen LogP contribution is 2.34. The monoisotopic (exact) mass is 417 g/mol. The van der Waals surface area contributed by atoms with Crippen LogP contribution in [0.1, 0.15) is 27.0 Å². The summed E-state index contributed by atoms with van der Waals surface area (Å²) in [5, 5.41) is 0. The van der Waals surface area contributed by atoms with E-state index in [0.29, 0.717) is 22.4 Å². The average molecular weight is 418 g/mol. The number of anilines is 1. The van der Waals surface area contributed by atoms with E-state index in [0.717, 1.165) is 15.6 Å². The quantitative estimate of drug-likeness (QED) is 0.408. The number of carbonyl (C=O) groups excluding carboxylic acids is 2. The Balaban J connectivity index is 1.93. The van der Waals surface area contributed by atoms with Gasteiger partial charge in [-0.3, -0.25) is 9.59 Å². The summed E-state index contributed by atoms with van der Waals surface area (Å²) in [6, 6.07) is 22.4. The predicted molar refractivity (Wildman–Crippen MR) is 111 cm³/mol. The molecule has 132 valence electrons. The van der Waals surface area contributed by atoms with Crippen molar-refractivity contribution in [2.75, 3.05) is 4.90 Å². The normalized spacial score (nSPS) is 15.2. The topological polar surface area (TPSA) is 37.4 Å². The van der Waals surface area contributed by atoms with Gasteiger partial charge in [0.2, 0.25) is 0 Å². The molecular formula is C23H16BrNO2. The highest BCUT2D eigenvalue weighted by molar-refractivity contribution is 9.10. The second-order valence-corrected chi connectivity index (χ2v) is 7.26. The van der Waals surface area contributed by atoms with Crippen molar-refractivity contribution in [1.29, 1.82) is 0 Å². The molecule has 0 spiro atoms. The number of amides is 2. The van der Waals surface area contributed by atoms with Crippen molar-refractivity contribution in [3.05, 3.63) is 99.5 Å². The minimum atomic E-state index is -0.319. The van der Waals surface area contributed by atoms with Crippen LogP contribution < -0.4 is 4.90 Å². The lowest BCUT2D eigenvalue weighted by Gasteiger charge is -2.29. The first-order valence-electron chi connectivity index (χ1n) is 8.57. The first-order valence-corrected chi connectivity index (χ1v) is 9.36. The summed E-state index contributed by atoms with van der Waals surface area (Å²) in [5.74, 6) is -0.620. The number of benzene rings is 3. The summed E-state index contributed by atoms with van der Waals surface area (Å²) >= 11 is 3.53. The molecule has 0 saturated carbocycles. The molecule has 2 amide bonds. The van der Waals surface area contributed by atoms with Crippen molar-refractivity contribution in [1.82, 2.24) is 0 Å². The molecule has 4 heteroatoms. The van der Waals surface area contributed by atoms with Gasteiger partial charge in [-0.05, 0) is 54.0 Å². The van der Waals surface area contributed by atoms with Gasteiger partial charge in [0.1, 0.15) is 0 Å². The Kier molecular flexibility index (Phi) is 4.50. The number of carbonyl (C=O) groups is 2. The predicted octanol–water partition coefficient (Wildman–Crippen LogP) is 5.49. The van der Waals surface area contributed by atoms with E-state index in [4.69, 9.17) is 0 Å². The minimum Gasteiger partial charge on any atom is -0.268 e. The number of fused-ring (bicyclic) bond motifs is 1. The molecule has 0 bridgehead atoms. The van der Waals surface area contributed by atoms with Gasteiger partial charge in [-0.25, -0.2) is 4.90 Å². The second kappa shape index (κ2) is 6.97. The number of nitrogens with zero attached hydrogens (tertiary/aromatic N) is 1. The van der Waals surface area contributed by atoms with Gasteiger partial charge in [0, 0.05) is 15.6 Å². The maximum atomic E-state index is 13.3. The van der Waals surface area contributed by atoms with E-state index in [1.165, 1.54) is 4.90 Å². The van der Waals surface area contributed by atoms with Gasteiger partial charge in [0.05, 0.1) is 5.69 Å². The zero-order chi connectivity index (χ0) is 19.0. The summed E-state index contributed by atoms with van der Waals surface area (Å²) < 4.78 is 0.891. The van der Waals surface area contributed by atoms with Crippen LogP contribution in [0.4, 0.5) is 5.69 Å². The number of hydrogen-bond acceptors (Lipinski definition) is 2. The van der Waals surface area contributed by atoms with Crippen molar-refractivity contribution < 1.29 is 9.59 Å². The van der Waals surface area contributed by atoms with Gasteiger partial charge in [-0.2, -0.15) is 0 Å². The third-order valence-corrected chi connectivity index (χ3v) is 5.27. The molecular weight excluding hydrogens is 402 g/mol. The molecule has 0 N–H and O–H groups in total. The average Bonchev–Trinajstić information content (AvgIpc) is 2.67. The van der Waals surface area contributed by atoms with E-state index in [-0.39, 0.29) is 11.8 Å². The van der Waals surface area contributed by atoms with Crippen LogP contribution in [0.15, 0.2) is 77.3 Å². The Hall–Kier alpha value is -2.98. The van der Waals surface area contributed by atoms with Crippen molar-refractivity contribution in [3.63, 3.8) is 0 Å². The summed E-state index contributed by atoms with van der Waals surface area (Å²) in [5.41, 5.74) is 4.14. The molecule has 0 unspecified atom stereocenters. The van der Waals surface area contributed by atoms with Crippen molar-refractivity contribution in [2.24, 2.45) is 0 Å². The van der Waals surface area contributed by atoms with Gasteiger partial charge in [0.15, 0.2) is 0 Å². The minimum absolute atomic E-state index is 0.300. The first kappa shape index (κ1) is 17.4. The van der Waals surface area contributed by atoms with Crippen LogP contribution in [0.5, 0.6) is 0 Å². The van der Waals surface area contributed by atoms with Crippen LogP contribution in [-0.2, 0) is 4.79 Å². The second-order valence-electron chi connectivity index (χ2n) is 6.41. The Morgan fingerprint density at radius 3 is 2.26 bits per heavy atom. The Morgan fingerprint density at radius 2 is 1.52 bits per heavy atom. The van der Waals surface area contributed by atoms with Gasteiger partial charge in [-0.15, -0.1) is 0 Å². The van der Waals surface area contributed by atoms with Crippen LogP contribution in [-0.4, -0.2) is 11.8 Å². The largest absolute Gasteiger partial charge is 0.268 e. The zero-order valence-electron chi connectivity index (χ0n) is 14.6. The lowest BCUT2D eigenvalue weighted by atomic mass is 9.91. The summed E-state index contributed by atoms with van der Waals surface area (Å²) in [4.78, 5) is 27.7. The van der Waals surface area contributed by atoms with Crippen LogP contribution in [0.25, 0.3) is 11.6 Å². The van der Waals surface area contributed by atoms with Crippen LogP contribution in [0.3, 0.4) is 0 Å². The van der Waals surface area contributed by atoms with Gasteiger partial charge >= 0.3 is 0 Å². The number of aryl methyl sites for hydroxylation is 1. The summed E-state index contributed by atoms with van der Waals surface area (Å²) in [7, 11) is 0. The zero-order valence-corrected chi connectivity index (χ0v) is 16.2. The van der Waals surface area contributed by atoms with E-state index in [1.54, 1.807) is 12.1 Å². The third kappa shape index (κ3) is 3.13. The van der Waals surface area contributed by atoms with Crippen LogP contribution in [0, 0.1) is 6.92 Å². The molecule has 3 aromatic carbocycles. The fourth-order valence-electron chi connectivity index (χ4n) is 3.24. The lowest BCUT2D eigenvalue weighted by Crippen LogP contribution is -2.41. The number of hydrogen-bond donors (Lipinski definition) is 0. The molecule has 0 fully saturated rings. The standard InChI is InChI=1S/C23H16BrNO2/c1-15-7-6-9-17(13-15)25-22(26)19-11-4-3-10-18(19)20(23(25)27)14-16-8-2-5-12-21(16)24/h2-14H,1H3/b20-14-. The van der Waals surface area contributed by atoms with E-state index < -0.39 is 0 Å². The number of halogens is 1. The molecule has 0 radical (unpaired) electrons. The molecule has 1 aliphatic heterocycles. The Bertz CT molecular complexity index is 1100. The maximum Gasteiger partial charge on any atom is 0.265 e. The molecule has 0 aliphatic carbocycles. The molecule has 3 nitrogen and oxygen atoms in total. The van der Waals surface area contributed by atoms with E-state index in [1.807, 2.05) is 73.7 Å². The van der Waals surface area contributed by atoms with Gasteiger partial charge in [0.25, 0.3) is 11.8 Å². The molecule has 4 rings (SSSR count). The highest BCUT2D eigenvalue weighted by Gasteiger charge is 2.35. The fraction of sp³-hybridized carbons (Fsp3) is 0.0435. The molecule has 27 heavy (non-hydrogen) atoms. The van der Waals surface area contributed by atoms with Gasteiger partial charge < -0.3 is 0 Å².